The van der Waals surface area contributed by atoms with Crippen LogP contribution in [0.5, 0.6) is 0 Å². The summed E-state index contributed by atoms with van der Waals surface area (Å²) in [4.78, 5) is 30.7. The van der Waals surface area contributed by atoms with E-state index in [9.17, 15) is 9.59 Å². The third kappa shape index (κ3) is 2.80. The molecule has 0 aliphatic carbocycles. The van der Waals surface area contributed by atoms with Crippen LogP contribution < -0.4 is 5.32 Å². The van der Waals surface area contributed by atoms with Crippen molar-refractivity contribution in [1.82, 2.24) is 15.0 Å². The van der Waals surface area contributed by atoms with E-state index in [-0.39, 0.29) is 23.4 Å². The van der Waals surface area contributed by atoms with Gasteiger partial charge in [-0.3, -0.25) is 9.59 Å². The maximum atomic E-state index is 12.0. The molecule has 1 aliphatic rings. The van der Waals surface area contributed by atoms with Crippen molar-refractivity contribution >= 4 is 28.3 Å². The van der Waals surface area contributed by atoms with Gasteiger partial charge in [0, 0.05) is 30.2 Å². The maximum Gasteiger partial charge on any atom is 0.276 e. The SMILES string of the molecule is Cc1cc(C(=O)N2CC(C(=O)Nc3ncc(C)s3)C2)no1. The molecule has 3 heterocycles. The second-order valence-corrected chi connectivity index (χ2v) is 6.23. The van der Waals surface area contributed by atoms with Crippen LogP contribution in [0, 0.1) is 19.8 Å². The molecule has 0 spiro atoms. The number of amides is 2. The van der Waals surface area contributed by atoms with Gasteiger partial charge >= 0.3 is 0 Å². The fraction of sp³-hybridized carbons (Fsp3) is 0.385. The largest absolute Gasteiger partial charge is 0.361 e. The molecule has 1 fully saturated rings. The molecule has 21 heavy (non-hydrogen) atoms. The molecule has 1 aliphatic heterocycles. The van der Waals surface area contributed by atoms with Gasteiger partial charge in [0.1, 0.15) is 5.76 Å². The number of carbonyl (C=O) groups excluding carboxylic acids is 2. The van der Waals surface area contributed by atoms with Crippen LogP contribution >= 0.6 is 11.3 Å². The van der Waals surface area contributed by atoms with E-state index in [1.807, 2.05) is 6.92 Å². The van der Waals surface area contributed by atoms with Crippen molar-refractivity contribution < 1.29 is 14.1 Å². The van der Waals surface area contributed by atoms with Crippen LogP contribution in [0.4, 0.5) is 5.13 Å². The minimum absolute atomic E-state index is 0.107. The van der Waals surface area contributed by atoms with Crippen molar-refractivity contribution in [3.05, 3.63) is 28.6 Å². The molecular formula is C13H14N4O3S. The Morgan fingerprint density at radius 3 is 2.76 bits per heavy atom. The van der Waals surface area contributed by atoms with Gasteiger partial charge in [-0.2, -0.15) is 0 Å². The summed E-state index contributed by atoms with van der Waals surface area (Å²) in [5.41, 5.74) is 0.280. The molecule has 2 aromatic heterocycles. The standard InChI is InChI=1S/C13H14N4O3S/c1-7-3-10(16-20-7)12(19)17-5-9(6-17)11(18)15-13-14-4-8(2)21-13/h3-4,9H,5-6H2,1-2H3,(H,14,15,18). The van der Waals surface area contributed by atoms with Crippen molar-refractivity contribution in [2.75, 3.05) is 18.4 Å². The lowest BCUT2D eigenvalue weighted by molar-refractivity contribution is -0.123. The first kappa shape index (κ1) is 13.7. The molecule has 8 heteroatoms. The molecule has 1 saturated heterocycles. The first-order chi connectivity index (χ1) is 10.0. The van der Waals surface area contributed by atoms with E-state index in [0.29, 0.717) is 24.0 Å². The summed E-state index contributed by atoms with van der Waals surface area (Å²) >= 11 is 1.43. The van der Waals surface area contributed by atoms with E-state index in [2.05, 4.69) is 15.5 Å². The molecule has 7 nitrogen and oxygen atoms in total. The monoisotopic (exact) mass is 306 g/mol. The summed E-state index contributed by atoms with van der Waals surface area (Å²) in [6, 6.07) is 1.59. The summed E-state index contributed by atoms with van der Waals surface area (Å²) in [7, 11) is 0. The lowest BCUT2D eigenvalue weighted by Gasteiger charge is -2.37. The van der Waals surface area contributed by atoms with Crippen LogP contribution in [-0.2, 0) is 4.79 Å². The molecule has 2 amide bonds. The molecule has 1 N–H and O–H groups in total. The van der Waals surface area contributed by atoms with E-state index in [1.165, 1.54) is 11.3 Å². The van der Waals surface area contributed by atoms with E-state index >= 15 is 0 Å². The number of aromatic nitrogens is 2. The van der Waals surface area contributed by atoms with Gasteiger partial charge in [0.15, 0.2) is 10.8 Å². The number of thiazole rings is 1. The number of aryl methyl sites for hydroxylation is 2. The van der Waals surface area contributed by atoms with Gasteiger partial charge < -0.3 is 14.7 Å². The minimum Gasteiger partial charge on any atom is -0.361 e. The Labute approximate surface area is 124 Å². The fourth-order valence-corrected chi connectivity index (χ4v) is 2.73. The van der Waals surface area contributed by atoms with Crippen LogP contribution in [0.15, 0.2) is 16.8 Å². The number of hydrogen-bond acceptors (Lipinski definition) is 6. The highest BCUT2D eigenvalue weighted by atomic mass is 32.1. The second-order valence-electron chi connectivity index (χ2n) is 5.00. The number of rotatable bonds is 3. The molecule has 0 atom stereocenters. The fourth-order valence-electron chi connectivity index (χ4n) is 2.06. The van der Waals surface area contributed by atoms with Gasteiger partial charge in [-0.15, -0.1) is 11.3 Å². The zero-order valence-electron chi connectivity index (χ0n) is 11.6. The van der Waals surface area contributed by atoms with Crippen LogP contribution in [0.2, 0.25) is 0 Å². The molecule has 0 aromatic carbocycles. The number of carbonyl (C=O) groups is 2. The van der Waals surface area contributed by atoms with Gasteiger partial charge in [-0.25, -0.2) is 4.98 Å². The van der Waals surface area contributed by atoms with Gasteiger partial charge in [-0.1, -0.05) is 5.16 Å². The van der Waals surface area contributed by atoms with Crippen LogP contribution in [-0.4, -0.2) is 39.9 Å². The number of anilines is 1. The normalized spacial score (nSPS) is 14.9. The van der Waals surface area contributed by atoms with Crippen LogP contribution in [0.1, 0.15) is 21.1 Å². The van der Waals surface area contributed by atoms with Crippen molar-refractivity contribution in [3.63, 3.8) is 0 Å². The summed E-state index contributed by atoms with van der Waals surface area (Å²) in [6.07, 6.45) is 1.71. The zero-order valence-corrected chi connectivity index (χ0v) is 12.4. The first-order valence-corrected chi connectivity index (χ1v) is 7.30. The van der Waals surface area contributed by atoms with Crippen molar-refractivity contribution in [1.29, 1.82) is 0 Å². The molecule has 2 aromatic rings. The highest BCUT2D eigenvalue weighted by Crippen LogP contribution is 2.22. The average molecular weight is 306 g/mol. The molecule has 110 valence electrons. The highest BCUT2D eigenvalue weighted by Gasteiger charge is 2.37. The zero-order chi connectivity index (χ0) is 15.0. The minimum atomic E-state index is -0.207. The summed E-state index contributed by atoms with van der Waals surface area (Å²) in [6.45, 7) is 4.44. The molecule has 0 unspecified atom stereocenters. The van der Waals surface area contributed by atoms with Crippen molar-refractivity contribution in [2.45, 2.75) is 13.8 Å². The predicted octanol–water partition coefficient (Wildman–Crippen LogP) is 1.46. The molecule has 0 saturated carbocycles. The topological polar surface area (TPSA) is 88.3 Å². The Bertz CT molecular complexity index is 687. The third-order valence-electron chi connectivity index (χ3n) is 3.24. The Morgan fingerprint density at radius 2 is 2.19 bits per heavy atom. The summed E-state index contributed by atoms with van der Waals surface area (Å²) < 4.78 is 4.88. The van der Waals surface area contributed by atoms with Crippen molar-refractivity contribution in [2.24, 2.45) is 5.92 Å². The predicted molar refractivity (Wildman–Crippen MR) is 76.1 cm³/mol. The number of nitrogens with one attached hydrogen (secondary N) is 1. The van der Waals surface area contributed by atoms with Gasteiger partial charge in [-0.05, 0) is 13.8 Å². The van der Waals surface area contributed by atoms with Gasteiger partial charge in [0.25, 0.3) is 5.91 Å². The summed E-state index contributed by atoms with van der Waals surface area (Å²) in [5.74, 6) is 0.0733. The molecular weight excluding hydrogens is 292 g/mol. The van der Waals surface area contributed by atoms with E-state index in [1.54, 1.807) is 24.1 Å². The lowest BCUT2D eigenvalue weighted by Crippen LogP contribution is -2.54. The van der Waals surface area contributed by atoms with Crippen molar-refractivity contribution in [3.8, 4) is 0 Å². The average Bonchev–Trinajstić information content (AvgIpc) is 2.96. The molecule has 3 rings (SSSR count). The van der Waals surface area contributed by atoms with E-state index in [0.717, 1.165) is 4.88 Å². The third-order valence-corrected chi connectivity index (χ3v) is 4.07. The highest BCUT2D eigenvalue weighted by molar-refractivity contribution is 7.15. The van der Waals surface area contributed by atoms with E-state index < -0.39 is 0 Å². The molecule has 0 bridgehead atoms. The first-order valence-electron chi connectivity index (χ1n) is 6.49. The van der Waals surface area contributed by atoms with Crippen LogP contribution in [0.3, 0.4) is 0 Å². The van der Waals surface area contributed by atoms with E-state index in [4.69, 9.17) is 4.52 Å². The quantitative estimate of drug-likeness (QED) is 0.927. The number of likely N-dealkylation sites (tertiary alicyclic amines) is 1. The lowest BCUT2D eigenvalue weighted by atomic mass is 9.99. The Hall–Kier alpha value is -2.22. The number of nitrogens with zero attached hydrogens (tertiary/aromatic N) is 3. The Balaban J connectivity index is 1.53. The summed E-state index contributed by atoms with van der Waals surface area (Å²) in [5, 5.41) is 7.04. The smallest absolute Gasteiger partial charge is 0.276 e. The Morgan fingerprint density at radius 1 is 1.43 bits per heavy atom. The second kappa shape index (κ2) is 5.28. The Kier molecular flexibility index (Phi) is 3.46. The number of hydrogen-bond donors (Lipinski definition) is 1. The van der Waals surface area contributed by atoms with Gasteiger partial charge in [0.2, 0.25) is 5.91 Å². The van der Waals surface area contributed by atoms with Gasteiger partial charge in [0.05, 0.1) is 5.92 Å². The maximum absolute atomic E-state index is 12.0. The molecule has 0 radical (unpaired) electrons. The van der Waals surface area contributed by atoms with Crippen LogP contribution in [0.25, 0.3) is 0 Å².